The molecule has 26 heavy (non-hydrogen) atoms. The predicted octanol–water partition coefficient (Wildman–Crippen LogP) is 1.14. The molecular weight excluding hydrogens is 332 g/mol. The number of hydrogen-bond donors (Lipinski definition) is 1. The normalized spacial score (nSPS) is 25.1. The Bertz CT molecular complexity index is 845. The van der Waals surface area contributed by atoms with E-state index in [-0.39, 0.29) is 17.7 Å². The fourth-order valence-corrected chi connectivity index (χ4v) is 4.01. The highest BCUT2D eigenvalue weighted by Gasteiger charge is 2.53. The molecule has 0 spiro atoms. The molecule has 4 rings (SSSR count). The summed E-state index contributed by atoms with van der Waals surface area (Å²) in [5, 5.41) is 4.37. The lowest BCUT2D eigenvalue weighted by molar-refractivity contribution is -0.135. The van der Waals surface area contributed by atoms with Crippen LogP contribution >= 0.6 is 0 Å². The van der Waals surface area contributed by atoms with Crippen LogP contribution in [0.3, 0.4) is 0 Å². The molecule has 7 nitrogen and oxygen atoms in total. The van der Waals surface area contributed by atoms with Crippen molar-refractivity contribution in [3.63, 3.8) is 0 Å². The third-order valence-corrected chi connectivity index (χ3v) is 5.59. The lowest BCUT2D eigenvalue weighted by Gasteiger charge is -2.34. The van der Waals surface area contributed by atoms with Gasteiger partial charge in [-0.25, -0.2) is 4.68 Å². The SMILES string of the molecule is Cc1ccn(-c2ccc(C(=O)N3C[C@@H]4COCC[C@]4(C(N)=O)C3)cc2)n1. The molecule has 2 N–H and O–H groups in total. The largest absolute Gasteiger partial charge is 0.381 e. The summed E-state index contributed by atoms with van der Waals surface area (Å²) >= 11 is 0. The highest BCUT2D eigenvalue weighted by Crippen LogP contribution is 2.42. The Kier molecular flexibility index (Phi) is 4.03. The van der Waals surface area contributed by atoms with E-state index in [4.69, 9.17) is 10.5 Å². The Morgan fingerprint density at radius 3 is 2.65 bits per heavy atom. The molecule has 1 aromatic carbocycles. The van der Waals surface area contributed by atoms with Crippen LogP contribution in [0.1, 0.15) is 22.5 Å². The lowest BCUT2D eigenvalue weighted by atomic mass is 9.74. The van der Waals surface area contributed by atoms with Gasteiger partial charge in [0.1, 0.15) is 0 Å². The Labute approximate surface area is 151 Å². The summed E-state index contributed by atoms with van der Waals surface area (Å²) in [6.45, 7) is 3.79. The number of hydrogen-bond acceptors (Lipinski definition) is 4. The van der Waals surface area contributed by atoms with Crippen molar-refractivity contribution >= 4 is 11.8 Å². The van der Waals surface area contributed by atoms with Crippen molar-refractivity contribution in [2.45, 2.75) is 13.3 Å². The van der Waals surface area contributed by atoms with Crippen molar-refractivity contribution in [2.24, 2.45) is 17.1 Å². The number of primary amides is 1. The van der Waals surface area contributed by atoms with E-state index in [0.29, 0.717) is 38.3 Å². The van der Waals surface area contributed by atoms with Gasteiger partial charge in [-0.15, -0.1) is 0 Å². The maximum absolute atomic E-state index is 12.9. The number of rotatable bonds is 3. The number of carbonyl (C=O) groups excluding carboxylic acids is 2. The number of likely N-dealkylation sites (tertiary alicyclic amines) is 1. The molecule has 2 atom stereocenters. The first kappa shape index (κ1) is 16.8. The molecule has 0 bridgehead atoms. The van der Waals surface area contributed by atoms with Crippen molar-refractivity contribution in [1.82, 2.24) is 14.7 Å². The first-order valence-corrected chi connectivity index (χ1v) is 8.79. The maximum atomic E-state index is 12.9. The van der Waals surface area contributed by atoms with Crippen LogP contribution < -0.4 is 5.73 Å². The molecule has 0 saturated carbocycles. The number of nitrogens with zero attached hydrogens (tertiary/aromatic N) is 3. The Balaban J connectivity index is 1.54. The topological polar surface area (TPSA) is 90.5 Å². The summed E-state index contributed by atoms with van der Waals surface area (Å²) in [7, 11) is 0. The van der Waals surface area contributed by atoms with Gasteiger partial charge >= 0.3 is 0 Å². The number of amides is 2. The van der Waals surface area contributed by atoms with Crippen LogP contribution in [-0.2, 0) is 9.53 Å². The summed E-state index contributed by atoms with van der Waals surface area (Å²) in [6, 6.07) is 9.26. The van der Waals surface area contributed by atoms with Crippen LogP contribution in [0.5, 0.6) is 0 Å². The number of aromatic nitrogens is 2. The number of nitrogens with two attached hydrogens (primary N) is 1. The molecule has 3 heterocycles. The zero-order chi connectivity index (χ0) is 18.3. The monoisotopic (exact) mass is 354 g/mol. The van der Waals surface area contributed by atoms with Gasteiger partial charge in [0.15, 0.2) is 0 Å². The minimum absolute atomic E-state index is 0.0241. The van der Waals surface area contributed by atoms with Crippen molar-refractivity contribution in [1.29, 1.82) is 0 Å². The first-order valence-electron chi connectivity index (χ1n) is 8.79. The molecule has 0 radical (unpaired) electrons. The van der Waals surface area contributed by atoms with E-state index >= 15 is 0 Å². The van der Waals surface area contributed by atoms with E-state index in [1.54, 1.807) is 21.7 Å². The van der Waals surface area contributed by atoms with Gasteiger partial charge in [0.2, 0.25) is 5.91 Å². The van der Waals surface area contributed by atoms with Gasteiger partial charge in [-0.3, -0.25) is 9.59 Å². The van der Waals surface area contributed by atoms with E-state index in [2.05, 4.69) is 5.10 Å². The minimum Gasteiger partial charge on any atom is -0.381 e. The van der Waals surface area contributed by atoms with E-state index in [1.807, 2.05) is 31.3 Å². The zero-order valence-corrected chi connectivity index (χ0v) is 14.7. The van der Waals surface area contributed by atoms with Gasteiger partial charge in [-0.05, 0) is 43.7 Å². The van der Waals surface area contributed by atoms with E-state index < -0.39 is 5.41 Å². The molecule has 1 aromatic heterocycles. The van der Waals surface area contributed by atoms with Crippen molar-refractivity contribution in [2.75, 3.05) is 26.3 Å². The van der Waals surface area contributed by atoms with Crippen molar-refractivity contribution < 1.29 is 14.3 Å². The smallest absolute Gasteiger partial charge is 0.253 e. The number of carbonyl (C=O) groups is 2. The Morgan fingerprint density at radius 2 is 2.04 bits per heavy atom. The highest BCUT2D eigenvalue weighted by molar-refractivity contribution is 5.95. The summed E-state index contributed by atoms with van der Waals surface area (Å²) in [5.74, 6) is -0.433. The highest BCUT2D eigenvalue weighted by atomic mass is 16.5. The van der Waals surface area contributed by atoms with Crippen molar-refractivity contribution in [3.05, 3.63) is 47.8 Å². The Morgan fingerprint density at radius 1 is 1.27 bits per heavy atom. The second-order valence-electron chi connectivity index (χ2n) is 7.18. The standard InChI is InChI=1S/C19H22N4O3/c1-13-6-8-23(21-13)16-4-2-14(3-5-16)17(24)22-10-15-11-26-9-7-19(15,12-22)18(20)25/h2-6,8,15H,7,9-12H2,1H3,(H2,20,25)/t15-,19+/m1/s1. The molecule has 2 aliphatic heterocycles. The minimum atomic E-state index is -0.652. The zero-order valence-electron chi connectivity index (χ0n) is 14.7. The van der Waals surface area contributed by atoms with Crippen LogP contribution in [0.4, 0.5) is 0 Å². The molecule has 2 saturated heterocycles. The molecule has 0 unspecified atom stereocenters. The average Bonchev–Trinajstić information content (AvgIpc) is 3.25. The number of ether oxygens (including phenoxy) is 1. The lowest BCUT2D eigenvalue weighted by Crippen LogP contribution is -2.48. The summed E-state index contributed by atoms with van der Waals surface area (Å²) in [4.78, 5) is 26.7. The molecule has 2 aromatic rings. The van der Waals surface area contributed by atoms with Crippen LogP contribution in [0.2, 0.25) is 0 Å². The van der Waals surface area contributed by atoms with Gasteiger partial charge in [0, 0.05) is 37.4 Å². The molecule has 7 heteroatoms. The van der Waals surface area contributed by atoms with Gasteiger partial charge in [0.25, 0.3) is 5.91 Å². The third kappa shape index (κ3) is 2.68. The summed E-state index contributed by atoms with van der Waals surface area (Å²) in [5.41, 5.74) is 7.46. The summed E-state index contributed by atoms with van der Waals surface area (Å²) < 4.78 is 7.27. The number of fused-ring (bicyclic) bond motifs is 1. The second-order valence-corrected chi connectivity index (χ2v) is 7.18. The average molecular weight is 354 g/mol. The maximum Gasteiger partial charge on any atom is 0.253 e. The van der Waals surface area contributed by atoms with E-state index in [1.165, 1.54) is 0 Å². The molecule has 2 aliphatic rings. The fraction of sp³-hybridized carbons (Fsp3) is 0.421. The van der Waals surface area contributed by atoms with Gasteiger partial charge in [-0.1, -0.05) is 0 Å². The van der Waals surface area contributed by atoms with Gasteiger partial charge in [0.05, 0.1) is 23.4 Å². The van der Waals surface area contributed by atoms with E-state index in [0.717, 1.165) is 11.4 Å². The fourth-order valence-electron chi connectivity index (χ4n) is 4.01. The predicted molar refractivity (Wildman–Crippen MR) is 94.8 cm³/mol. The summed E-state index contributed by atoms with van der Waals surface area (Å²) in [6.07, 6.45) is 2.46. The molecule has 136 valence electrons. The van der Waals surface area contributed by atoms with E-state index in [9.17, 15) is 9.59 Å². The number of benzene rings is 1. The van der Waals surface area contributed by atoms with Crippen LogP contribution in [0.15, 0.2) is 36.5 Å². The Hall–Kier alpha value is -2.67. The number of aryl methyl sites for hydroxylation is 1. The van der Waals surface area contributed by atoms with Crippen LogP contribution in [0.25, 0.3) is 5.69 Å². The van der Waals surface area contributed by atoms with Crippen LogP contribution in [0, 0.1) is 18.3 Å². The quantitative estimate of drug-likeness (QED) is 0.895. The molecular formula is C19H22N4O3. The van der Waals surface area contributed by atoms with Crippen molar-refractivity contribution in [3.8, 4) is 5.69 Å². The first-order chi connectivity index (χ1) is 12.5. The molecule has 0 aliphatic carbocycles. The second kappa shape index (κ2) is 6.25. The van der Waals surface area contributed by atoms with Crippen LogP contribution in [-0.4, -0.2) is 52.8 Å². The third-order valence-electron chi connectivity index (χ3n) is 5.59. The molecule has 2 fully saturated rings. The molecule has 2 amide bonds. The van der Waals surface area contributed by atoms with Gasteiger partial charge < -0.3 is 15.4 Å². The van der Waals surface area contributed by atoms with Gasteiger partial charge in [-0.2, -0.15) is 5.10 Å².